The summed E-state index contributed by atoms with van der Waals surface area (Å²) in [5.74, 6) is 1.89. The minimum absolute atomic E-state index is 0. The third-order valence-corrected chi connectivity index (χ3v) is 7.30. The molecule has 1 unspecified atom stereocenters. The topological polar surface area (TPSA) is 105 Å². The second-order valence-electron chi connectivity index (χ2n) is 8.84. The molecule has 9 heteroatoms. The van der Waals surface area contributed by atoms with Crippen LogP contribution in [0.25, 0.3) is 21.9 Å². The van der Waals surface area contributed by atoms with Crippen LogP contribution in [-0.2, 0) is 13.0 Å². The van der Waals surface area contributed by atoms with Crippen LogP contribution in [0, 0.1) is 5.92 Å². The van der Waals surface area contributed by atoms with Gasteiger partial charge in [-0.25, -0.2) is 4.79 Å². The summed E-state index contributed by atoms with van der Waals surface area (Å²) in [4.78, 5) is 36.1. The first kappa shape index (κ1) is 21.7. The van der Waals surface area contributed by atoms with Gasteiger partial charge in [0, 0.05) is 36.3 Å². The maximum atomic E-state index is 13.1. The fourth-order valence-electron chi connectivity index (χ4n) is 5.80. The van der Waals surface area contributed by atoms with Crippen LogP contribution in [0.5, 0.6) is 5.75 Å². The molecule has 172 valence electrons. The molecule has 1 aliphatic carbocycles. The zero-order valence-corrected chi connectivity index (χ0v) is 19.1. The van der Waals surface area contributed by atoms with Crippen LogP contribution in [0.15, 0.2) is 46.2 Å². The van der Waals surface area contributed by atoms with Gasteiger partial charge in [0.15, 0.2) is 0 Å². The first-order chi connectivity index (χ1) is 15.7. The number of nitrogens with one attached hydrogen (secondary N) is 3. The predicted molar refractivity (Wildman–Crippen MR) is 130 cm³/mol. The smallest absolute Gasteiger partial charge is 0.328 e. The molecule has 2 aliphatic rings. The molecule has 6 rings (SSSR count). The monoisotopic (exact) mass is 467 g/mol. The molecule has 4 heterocycles. The van der Waals surface area contributed by atoms with E-state index in [-0.39, 0.29) is 29.7 Å². The van der Waals surface area contributed by atoms with E-state index in [1.807, 2.05) is 6.07 Å². The minimum atomic E-state index is -0.382. The maximum absolute atomic E-state index is 13.1. The van der Waals surface area contributed by atoms with E-state index in [9.17, 15) is 9.59 Å². The number of rotatable bonds is 4. The summed E-state index contributed by atoms with van der Waals surface area (Å²) >= 11 is 0. The Morgan fingerprint density at radius 1 is 1.18 bits per heavy atom. The van der Waals surface area contributed by atoms with Gasteiger partial charge in [0.05, 0.1) is 18.1 Å². The molecule has 0 amide bonds. The predicted octanol–water partition coefficient (Wildman–Crippen LogP) is 2.70. The number of nitrogens with zero attached hydrogens (tertiary/aromatic N) is 2. The normalized spacial score (nSPS) is 21.5. The van der Waals surface area contributed by atoms with Crippen LogP contribution in [0.2, 0.25) is 0 Å². The van der Waals surface area contributed by atoms with E-state index < -0.39 is 0 Å². The standard InChI is InChI=1S/C24H25N5O3.ClH/c1-32-19-4-2-3-15-14(19)6-5-13-11-26-18(20(13)15)8-10-29-23(30)22-21(28-24(29)31)16-12-25-9-7-17(16)27-22;/h2-4,7,9,12-13,18,20,26-27H,5-6,8,10-11H2,1H3,(H,28,31);1H/t13-,18?,20+;/m0./s1. The van der Waals surface area contributed by atoms with Crippen molar-refractivity contribution in [2.45, 2.75) is 37.8 Å². The molecule has 8 nitrogen and oxygen atoms in total. The molecule has 1 aromatic carbocycles. The number of benzene rings is 1. The van der Waals surface area contributed by atoms with Crippen molar-refractivity contribution in [2.75, 3.05) is 13.7 Å². The maximum Gasteiger partial charge on any atom is 0.328 e. The van der Waals surface area contributed by atoms with E-state index in [0.29, 0.717) is 35.8 Å². The molecule has 0 bridgehead atoms. The first-order valence-electron chi connectivity index (χ1n) is 11.1. The van der Waals surface area contributed by atoms with Crippen molar-refractivity contribution < 1.29 is 4.74 Å². The number of fused-ring (bicyclic) bond motifs is 6. The molecule has 1 aliphatic heterocycles. The van der Waals surface area contributed by atoms with Gasteiger partial charge in [-0.05, 0) is 55.0 Å². The van der Waals surface area contributed by atoms with Crippen molar-refractivity contribution in [1.82, 2.24) is 24.8 Å². The quantitative estimate of drug-likeness (QED) is 0.428. The SMILES string of the molecule is COc1cccc2c1CC[C@H]1CNC(CCn3c(=O)[nH]c4c([nH]c5ccncc54)c3=O)[C@@H]21.Cl. The van der Waals surface area contributed by atoms with Gasteiger partial charge >= 0.3 is 5.69 Å². The number of hydrogen-bond acceptors (Lipinski definition) is 5. The van der Waals surface area contributed by atoms with Crippen molar-refractivity contribution in [3.05, 3.63) is 68.6 Å². The average Bonchev–Trinajstić information content (AvgIpc) is 3.40. The minimum Gasteiger partial charge on any atom is -0.496 e. The summed E-state index contributed by atoms with van der Waals surface area (Å²) in [6, 6.07) is 8.30. The largest absolute Gasteiger partial charge is 0.496 e. The third-order valence-electron chi connectivity index (χ3n) is 7.30. The molecule has 0 radical (unpaired) electrons. The number of aromatic amines is 2. The lowest BCUT2D eigenvalue weighted by atomic mass is 9.73. The second-order valence-corrected chi connectivity index (χ2v) is 8.84. The lowest BCUT2D eigenvalue weighted by Gasteiger charge is -2.32. The summed E-state index contributed by atoms with van der Waals surface area (Å²) in [6.07, 6.45) is 6.17. The Morgan fingerprint density at radius 3 is 2.91 bits per heavy atom. The lowest BCUT2D eigenvalue weighted by molar-refractivity contribution is 0.371. The Labute approximate surface area is 195 Å². The fourth-order valence-corrected chi connectivity index (χ4v) is 5.80. The summed E-state index contributed by atoms with van der Waals surface area (Å²) in [7, 11) is 1.72. The highest BCUT2D eigenvalue weighted by Crippen LogP contribution is 2.45. The molecule has 1 fully saturated rings. The summed E-state index contributed by atoms with van der Waals surface area (Å²) in [5.41, 5.74) is 3.69. The average molecular weight is 468 g/mol. The third kappa shape index (κ3) is 3.36. The van der Waals surface area contributed by atoms with Crippen LogP contribution < -0.4 is 21.3 Å². The lowest BCUT2D eigenvalue weighted by Crippen LogP contribution is -2.38. The van der Waals surface area contributed by atoms with Crippen molar-refractivity contribution in [2.24, 2.45) is 5.92 Å². The fraction of sp³-hybridized carbons (Fsp3) is 0.375. The number of aromatic nitrogens is 4. The zero-order chi connectivity index (χ0) is 21.8. The van der Waals surface area contributed by atoms with E-state index >= 15 is 0 Å². The number of methoxy groups -OCH3 is 1. The summed E-state index contributed by atoms with van der Waals surface area (Å²) in [6.45, 7) is 1.32. The van der Waals surface area contributed by atoms with Gasteiger partial charge in [-0.15, -0.1) is 12.4 Å². The van der Waals surface area contributed by atoms with Gasteiger partial charge in [-0.2, -0.15) is 0 Å². The van der Waals surface area contributed by atoms with Crippen LogP contribution in [-0.4, -0.2) is 39.2 Å². The molecule has 0 saturated carbocycles. The Kier molecular flexibility index (Phi) is 5.50. The number of ether oxygens (including phenoxy) is 1. The molecule has 1 saturated heterocycles. The van der Waals surface area contributed by atoms with Gasteiger partial charge in [-0.3, -0.25) is 14.3 Å². The molecule has 3 aromatic heterocycles. The Hall–Kier alpha value is -3.10. The van der Waals surface area contributed by atoms with Crippen LogP contribution in [0.3, 0.4) is 0 Å². The van der Waals surface area contributed by atoms with Crippen molar-refractivity contribution in [3.8, 4) is 5.75 Å². The van der Waals surface area contributed by atoms with Gasteiger partial charge in [-0.1, -0.05) is 12.1 Å². The second kappa shape index (κ2) is 8.35. The Morgan fingerprint density at radius 2 is 2.06 bits per heavy atom. The molecular formula is C24H26ClN5O3. The van der Waals surface area contributed by atoms with Crippen LogP contribution >= 0.6 is 12.4 Å². The Bertz CT molecular complexity index is 1460. The van der Waals surface area contributed by atoms with E-state index in [1.165, 1.54) is 15.7 Å². The van der Waals surface area contributed by atoms with Gasteiger partial charge in [0.25, 0.3) is 5.56 Å². The summed E-state index contributed by atoms with van der Waals surface area (Å²) < 4.78 is 6.92. The highest BCUT2D eigenvalue weighted by molar-refractivity contribution is 6.03. The summed E-state index contributed by atoms with van der Waals surface area (Å²) in [5, 5.41) is 4.41. The van der Waals surface area contributed by atoms with E-state index in [2.05, 4.69) is 32.4 Å². The molecule has 3 atom stereocenters. The van der Waals surface area contributed by atoms with E-state index in [1.54, 1.807) is 25.6 Å². The van der Waals surface area contributed by atoms with Crippen LogP contribution in [0.1, 0.15) is 29.9 Å². The van der Waals surface area contributed by atoms with Gasteiger partial charge in [0.2, 0.25) is 0 Å². The first-order valence-corrected chi connectivity index (χ1v) is 11.1. The van der Waals surface area contributed by atoms with E-state index in [4.69, 9.17) is 4.74 Å². The number of H-pyrrole nitrogens is 2. The molecule has 3 N–H and O–H groups in total. The molecule has 0 spiro atoms. The highest BCUT2D eigenvalue weighted by Gasteiger charge is 2.40. The van der Waals surface area contributed by atoms with Crippen molar-refractivity contribution in [3.63, 3.8) is 0 Å². The van der Waals surface area contributed by atoms with Crippen LogP contribution in [0.4, 0.5) is 0 Å². The number of pyridine rings is 1. The van der Waals surface area contributed by atoms with E-state index in [0.717, 1.165) is 36.0 Å². The molecular weight excluding hydrogens is 442 g/mol. The number of hydrogen-bond donors (Lipinski definition) is 3. The molecule has 33 heavy (non-hydrogen) atoms. The highest BCUT2D eigenvalue weighted by atomic mass is 35.5. The Balaban J connectivity index is 0.00000228. The van der Waals surface area contributed by atoms with Crippen molar-refractivity contribution >= 4 is 34.3 Å². The zero-order valence-electron chi connectivity index (χ0n) is 18.3. The van der Waals surface area contributed by atoms with Gasteiger partial charge < -0.3 is 20.0 Å². The number of halogens is 1. The molecule has 4 aromatic rings. The van der Waals surface area contributed by atoms with Gasteiger partial charge in [0.1, 0.15) is 11.3 Å². The van der Waals surface area contributed by atoms with Crippen molar-refractivity contribution in [1.29, 1.82) is 0 Å².